The highest BCUT2D eigenvalue weighted by Crippen LogP contribution is 2.19. The number of thioether (sulfide) groups is 1. The van der Waals surface area contributed by atoms with Crippen molar-refractivity contribution < 1.29 is 4.79 Å². The highest BCUT2D eigenvalue weighted by molar-refractivity contribution is 7.97. The third-order valence-electron chi connectivity index (χ3n) is 2.44. The van der Waals surface area contributed by atoms with Crippen LogP contribution in [-0.4, -0.2) is 48.2 Å². The molecule has 1 aromatic rings. The first-order chi connectivity index (χ1) is 7.81. The van der Waals surface area contributed by atoms with Gasteiger partial charge in [0.1, 0.15) is 9.88 Å². The van der Waals surface area contributed by atoms with Crippen LogP contribution in [0.25, 0.3) is 0 Å². The largest absolute Gasteiger partial charge is 0.335 e. The van der Waals surface area contributed by atoms with E-state index >= 15 is 0 Å². The lowest BCUT2D eigenvalue weighted by Crippen LogP contribution is -2.46. The number of hydrogen-bond donors (Lipinski definition) is 1. The molecule has 0 radical (unpaired) electrons. The minimum absolute atomic E-state index is 0.131. The quantitative estimate of drug-likeness (QED) is 0.879. The standard InChI is InChI=1S/C10H15N3OS2/c1-15-7-9-12-6-8(16-9)10(14)13-4-2-11-3-5-13/h6,11H,2-5,7H2,1H3. The molecule has 1 fully saturated rings. The monoisotopic (exact) mass is 257 g/mol. The number of carbonyl (C=O) groups is 1. The van der Waals surface area contributed by atoms with Crippen LogP contribution in [0.1, 0.15) is 14.7 Å². The fourth-order valence-electron chi connectivity index (χ4n) is 1.62. The molecule has 1 aliphatic heterocycles. The van der Waals surface area contributed by atoms with Crippen molar-refractivity contribution in [2.24, 2.45) is 0 Å². The maximum atomic E-state index is 12.1. The van der Waals surface area contributed by atoms with Crippen LogP contribution in [0.2, 0.25) is 0 Å². The lowest BCUT2D eigenvalue weighted by Gasteiger charge is -2.26. The Morgan fingerprint density at radius 1 is 1.62 bits per heavy atom. The summed E-state index contributed by atoms with van der Waals surface area (Å²) in [5, 5.41) is 4.27. The number of hydrogen-bond acceptors (Lipinski definition) is 5. The Balaban J connectivity index is 2.01. The third kappa shape index (κ3) is 2.75. The Hall–Kier alpha value is -0.590. The Morgan fingerprint density at radius 3 is 3.06 bits per heavy atom. The number of nitrogens with zero attached hydrogens (tertiary/aromatic N) is 2. The average Bonchev–Trinajstić information content (AvgIpc) is 2.78. The summed E-state index contributed by atoms with van der Waals surface area (Å²) in [6.07, 6.45) is 3.75. The molecule has 0 aromatic carbocycles. The summed E-state index contributed by atoms with van der Waals surface area (Å²) in [5.74, 6) is 1.02. The van der Waals surface area contributed by atoms with Crippen molar-refractivity contribution in [3.05, 3.63) is 16.1 Å². The molecule has 0 spiro atoms. The molecular formula is C10H15N3OS2. The maximum absolute atomic E-state index is 12.1. The molecule has 0 unspecified atom stereocenters. The van der Waals surface area contributed by atoms with Gasteiger partial charge in [-0.1, -0.05) is 0 Å². The van der Waals surface area contributed by atoms with Gasteiger partial charge in [0.15, 0.2) is 0 Å². The molecule has 0 bridgehead atoms. The van der Waals surface area contributed by atoms with E-state index in [1.807, 2.05) is 11.2 Å². The van der Waals surface area contributed by atoms with Crippen LogP contribution in [0.15, 0.2) is 6.20 Å². The van der Waals surface area contributed by atoms with Crippen molar-refractivity contribution in [1.29, 1.82) is 0 Å². The van der Waals surface area contributed by atoms with Crippen molar-refractivity contribution in [2.45, 2.75) is 5.75 Å². The van der Waals surface area contributed by atoms with Crippen molar-refractivity contribution in [2.75, 3.05) is 32.4 Å². The van der Waals surface area contributed by atoms with Gasteiger partial charge in [-0.2, -0.15) is 11.8 Å². The third-order valence-corrected chi connectivity index (χ3v) is 4.17. The minimum atomic E-state index is 0.131. The Labute approximate surface area is 103 Å². The zero-order valence-corrected chi connectivity index (χ0v) is 10.9. The Kier molecular flexibility index (Phi) is 4.20. The van der Waals surface area contributed by atoms with Gasteiger partial charge in [0.05, 0.1) is 6.20 Å². The van der Waals surface area contributed by atoms with Gasteiger partial charge < -0.3 is 10.2 Å². The highest BCUT2D eigenvalue weighted by Gasteiger charge is 2.19. The number of amides is 1. The van der Waals surface area contributed by atoms with E-state index in [0.717, 1.165) is 41.8 Å². The van der Waals surface area contributed by atoms with Crippen LogP contribution in [0, 0.1) is 0 Å². The van der Waals surface area contributed by atoms with Crippen LogP contribution >= 0.6 is 23.1 Å². The summed E-state index contributed by atoms with van der Waals surface area (Å²) in [6, 6.07) is 0. The van der Waals surface area contributed by atoms with Crippen LogP contribution < -0.4 is 5.32 Å². The topological polar surface area (TPSA) is 45.2 Å². The van der Waals surface area contributed by atoms with E-state index in [1.54, 1.807) is 18.0 Å². The number of nitrogens with one attached hydrogen (secondary N) is 1. The molecule has 6 heteroatoms. The maximum Gasteiger partial charge on any atom is 0.265 e. The van der Waals surface area contributed by atoms with Gasteiger partial charge in [0.25, 0.3) is 5.91 Å². The number of rotatable bonds is 3. The SMILES string of the molecule is CSCc1ncc(C(=O)N2CCNCC2)s1. The van der Waals surface area contributed by atoms with Crippen molar-refractivity contribution in [1.82, 2.24) is 15.2 Å². The first-order valence-corrected chi connectivity index (χ1v) is 7.46. The van der Waals surface area contributed by atoms with Crippen molar-refractivity contribution in [3.63, 3.8) is 0 Å². The van der Waals surface area contributed by atoms with Crippen LogP contribution in [0.4, 0.5) is 0 Å². The predicted molar refractivity (Wildman–Crippen MR) is 68.1 cm³/mol. The molecule has 2 rings (SSSR count). The highest BCUT2D eigenvalue weighted by atomic mass is 32.2. The number of piperazine rings is 1. The van der Waals surface area contributed by atoms with E-state index in [0.29, 0.717) is 0 Å². The second-order valence-corrected chi connectivity index (χ2v) is 5.57. The summed E-state index contributed by atoms with van der Waals surface area (Å²) in [6.45, 7) is 3.38. The minimum Gasteiger partial charge on any atom is -0.335 e. The molecule has 1 aromatic heterocycles. The molecule has 0 saturated carbocycles. The van der Waals surface area contributed by atoms with Gasteiger partial charge in [0.2, 0.25) is 0 Å². The molecule has 2 heterocycles. The molecule has 16 heavy (non-hydrogen) atoms. The summed E-state index contributed by atoms with van der Waals surface area (Å²) < 4.78 is 0. The van der Waals surface area contributed by atoms with E-state index in [2.05, 4.69) is 10.3 Å². The fraction of sp³-hybridized carbons (Fsp3) is 0.600. The zero-order valence-electron chi connectivity index (χ0n) is 9.23. The second-order valence-electron chi connectivity index (χ2n) is 3.59. The number of carbonyl (C=O) groups excluding carboxylic acids is 1. The number of aromatic nitrogens is 1. The lowest BCUT2D eigenvalue weighted by molar-refractivity contribution is 0.0740. The fourth-order valence-corrected chi connectivity index (χ4v) is 3.21. The van der Waals surface area contributed by atoms with Gasteiger partial charge in [-0.3, -0.25) is 4.79 Å². The molecular weight excluding hydrogens is 242 g/mol. The van der Waals surface area contributed by atoms with E-state index in [9.17, 15) is 4.79 Å². The zero-order chi connectivity index (χ0) is 11.4. The molecule has 1 N–H and O–H groups in total. The first-order valence-electron chi connectivity index (χ1n) is 5.25. The van der Waals surface area contributed by atoms with Gasteiger partial charge >= 0.3 is 0 Å². The molecule has 4 nitrogen and oxygen atoms in total. The normalized spacial score (nSPS) is 16.4. The van der Waals surface area contributed by atoms with Gasteiger partial charge in [-0.15, -0.1) is 11.3 Å². The van der Waals surface area contributed by atoms with Crippen LogP contribution in [-0.2, 0) is 5.75 Å². The van der Waals surface area contributed by atoms with E-state index in [1.165, 1.54) is 11.3 Å². The van der Waals surface area contributed by atoms with Crippen LogP contribution in [0.5, 0.6) is 0 Å². The Bertz CT molecular complexity index is 361. The van der Waals surface area contributed by atoms with Crippen LogP contribution in [0.3, 0.4) is 0 Å². The predicted octanol–water partition coefficient (Wildman–Crippen LogP) is 1.05. The van der Waals surface area contributed by atoms with Gasteiger partial charge in [-0.25, -0.2) is 4.98 Å². The van der Waals surface area contributed by atoms with E-state index in [-0.39, 0.29) is 5.91 Å². The molecule has 0 atom stereocenters. The lowest BCUT2D eigenvalue weighted by atomic mass is 10.3. The Morgan fingerprint density at radius 2 is 2.38 bits per heavy atom. The van der Waals surface area contributed by atoms with Gasteiger partial charge in [0, 0.05) is 31.9 Å². The summed E-state index contributed by atoms with van der Waals surface area (Å²) in [5.41, 5.74) is 0. The smallest absolute Gasteiger partial charge is 0.265 e. The second kappa shape index (κ2) is 5.65. The van der Waals surface area contributed by atoms with Crippen molar-refractivity contribution in [3.8, 4) is 0 Å². The number of thiazole rings is 1. The first kappa shape index (κ1) is 11.9. The summed E-state index contributed by atoms with van der Waals surface area (Å²) in [7, 11) is 0. The molecule has 1 amide bonds. The molecule has 1 aliphatic rings. The molecule has 88 valence electrons. The molecule has 1 saturated heterocycles. The average molecular weight is 257 g/mol. The van der Waals surface area contributed by atoms with Gasteiger partial charge in [-0.05, 0) is 6.26 Å². The van der Waals surface area contributed by atoms with E-state index < -0.39 is 0 Å². The summed E-state index contributed by atoms with van der Waals surface area (Å²) >= 11 is 3.24. The molecule has 0 aliphatic carbocycles. The summed E-state index contributed by atoms with van der Waals surface area (Å²) in [4.78, 5) is 19.0. The van der Waals surface area contributed by atoms with Crippen molar-refractivity contribution >= 4 is 29.0 Å². The van der Waals surface area contributed by atoms with E-state index in [4.69, 9.17) is 0 Å².